The Morgan fingerprint density at radius 2 is 2.43 bits per heavy atom. The van der Waals surface area contributed by atoms with Gasteiger partial charge in [0.05, 0.1) is 0 Å². The molecule has 1 unspecified atom stereocenters. The van der Waals surface area contributed by atoms with E-state index in [1.54, 1.807) is 0 Å². The lowest BCUT2D eigenvalue weighted by Crippen LogP contribution is -2.04. The van der Waals surface area contributed by atoms with E-state index < -0.39 is 5.97 Å². The molecule has 76 valence electrons. The van der Waals surface area contributed by atoms with Gasteiger partial charge in [-0.1, -0.05) is 5.16 Å². The van der Waals surface area contributed by atoms with Gasteiger partial charge in [0.25, 0.3) is 0 Å². The number of halogens is 1. The molecule has 1 N–H and O–H groups in total. The molecule has 0 saturated carbocycles. The van der Waals surface area contributed by atoms with Crippen LogP contribution < -0.4 is 0 Å². The second-order valence-corrected chi connectivity index (χ2v) is 3.77. The number of aromatic nitrogens is 1. The molecule has 0 spiro atoms. The lowest BCUT2D eigenvalue weighted by atomic mass is 10.1. The van der Waals surface area contributed by atoms with Gasteiger partial charge in [-0.05, 0) is 28.8 Å². The molecule has 6 heteroatoms. The molecule has 0 radical (unpaired) electrons. The molecule has 0 bridgehead atoms. The van der Waals surface area contributed by atoms with Crippen LogP contribution in [0.25, 0.3) is 0 Å². The van der Waals surface area contributed by atoms with Gasteiger partial charge in [0.15, 0.2) is 10.4 Å². The van der Waals surface area contributed by atoms with Crippen molar-refractivity contribution in [2.75, 3.05) is 6.61 Å². The Morgan fingerprint density at radius 1 is 1.64 bits per heavy atom. The van der Waals surface area contributed by atoms with Gasteiger partial charge < -0.3 is 14.4 Å². The number of rotatable bonds is 2. The van der Waals surface area contributed by atoms with E-state index in [0.717, 1.165) is 12.8 Å². The summed E-state index contributed by atoms with van der Waals surface area (Å²) in [5.74, 6) is -0.745. The maximum Gasteiger partial charge on any atom is 0.342 e. The van der Waals surface area contributed by atoms with Gasteiger partial charge in [0, 0.05) is 6.61 Å². The molecule has 1 aromatic rings. The van der Waals surface area contributed by atoms with E-state index in [1.807, 2.05) is 0 Å². The first kappa shape index (κ1) is 9.67. The smallest absolute Gasteiger partial charge is 0.342 e. The number of carboxylic acids is 1. The SMILES string of the molecule is O=C(O)c1c(Br)noc1C1CCCO1. The van der Waals surface area contributed by atoms with Crippen molar-refractivity contribution in [3.63, 3.8) is 0 Å². The number of hydrogen-bond acceptors (Lipinski definition) is 4. The molecular formula is C8H8BrNO4. The molecule has 14 heavy (non-hydrogen) atoms. The van der Waals surface area contributed by atoms with Crippen molar-refractivity contribution in [3.05, 3.63) is 15.9 Å². The van der Waals surface area contributed by atoms with Gasteiger partial charge in [0.1, 0.15) is 11.7 Å². The topological polar surface area (TPSA) is 72.6 Å². The van der Waals surface area contributed by atoms with E-state index in [0.29, 0.717) is 12.4 Å². The van der Waals surface area contributed by atoms with E-state index in [2.05, 4.69) is 21.1 Å². The van der Waals surface area contributed by atoms with Crippen molar-refractivity contribution in [2.24, 2.45) is 0 Å². The molecule has 1 aromatic heterocycles. The lowest BCUT2D eigenvalue weighted by Gasteiger charge is -2.04. The van der Waals surface area contributed by atoms with Crippen molar-refractivity contribution >= 4 is 21.9 Å². The minimum atomic E-state index is -1.05. The highest BCUT2D eigenvalue weighted by molar-refractivity contribution is 9.10. The number of carboxylic acid groups (broad SMARTS) is 1. The molecule has 0 aromatic carbocycles. The van der Waals surface area contributed by atoms with Crippen LogP contribution in [0.1, 0.15) is 35.1 Å². The van der Waals surface area contributed by atoms with Crippen molar-refractivity contribution in [1.82, 2.24) is 5.16 Å². The van der Waals surface area contributed by atoms with E-state index in [1.165, 1.54) is 0 Å². The maximum absolute atomic E-state index is 10.9. The standard InChI is InChI=1S/C8H8BrNO4/c9-7-5(8(11)12)6(14-10-7)4-2-1-3-13-4/h4H,1-3H2,(H,11,12). The molecule has 2 heterocycles. The Balaban J connectivity index is 2.37. The van der Waals surface area contributed by atoms with Gasteiger partial charge in [-0.25, -0.2) is 4.79 Å². The van der Waals surface area contributed by atoms with Crippen molar-refractivity contribution in [3.8, 4) is 0 Å². The van der Waals surface area contributed by atoms with Gasteiger partial charge in [-0.15, -0.1) is 0 Å². The Morgan fingerprint density at radius 3 is 3.00 bits per heavy atom. The maximum atomic E-state index is 10.9. The van der Waals surface area contributed by atoms with E-state index >= 15 is 0 Å². The highest BCUT2D eigenvalue weighted by Crippen LogP contribution is 2.33. The van der Waals surface area contributed by atoms with Crippen LogP contribution in [0, 0.1) is 0 Å². The van der Waals surface area contributed by atoms with E-state index in [9.17, 15) is 4.79 Å². The third-order valence-electron chi connectivity index (χ3n) is 2.11. The second-order valence-electron chi connectivity index (χ2n) is 3.02. The van der Waals surface area contributed by atoms with Crippen molar-refractivity contribution in [2.45, 2.75) is 18.9 Å². The number of ether oxygens (including phenoxy) is 1. The van der Waals surface area contributed by atoms with Crippen molar-refractivity contribution in [1.29, 1.82) is 0 Å². The van der Waals surface area contributed by atoms with Crippen LogP contribution in [0.3, 0.4) is 0 Å². The molecule has 2 rings (SSSR count). The fourth-order valence-electron chi connectivity index (χ4n) is 1.48. The normalized spacial score (nSPS) is 21.4. The van der Waals surface area contributed by atoms with Crippen LogP contribution in [0.5, 0.6) is 0 Å². The third-order valence-corrected chi connectivity index (χ3v) is 2.65. The monoisotopic (exact) mass is 261 g/mol. The Kier molecular flexibility index (Phi) is 2.56. The number of nitrogens with zero attached hydrogens (tertiary/aromatic N) is 1. The predicted octanol–water partition coefficient (Wildman–Crippen LogP) is 1.99. The summed E-state index contributed by atoms with van der Waals surface area (Å²) in [5.41, 5.74) is 0.0666. The predicted molar refractivity (Wildman–Crippen MR) is 49.1 cm³/mol. The molecule has 1 aliphatic rings. The average molecular weight is 262 g/mol. The first-order valence-corrected chi connectivity index (χ1v) is 4.99. The fourth-order valence-corrected chi connectivity index (χ4v) is 1.92. The fraction of sp³-hybridized carbons (Fsp3) is 0.500. The first-order valence-electron chi connectivity index (χ1n) is 4.20. The Labute approximate surface area is 88.2 Å². The third kappa shape index (κ3) is 1.55. The zero-order valence-corrected chi connectivity index (χ0v) is 8.78. The summed E-state index contributed by atoms with van der Waals surface area (Å²) in [6, 6.07) is 0. The van der Waals surface area contributed by atoms with Crippen LogP contribution in [0.2, 0.25) is 0 Å². The summed E-state index contributed by atoms with van der Waals surface area (Å²) in [6.07, 6.45) is 1.43. The summed E-state index contributed by atoms with van der Waals surface area (Å²) in [4.78, 5) is 10.9. The zero-order valence-electron chi connectivity index (χ0n) is 7.20. The van der Waals surface area contributed by atoms with Gasteiger partial charge in [-0.2, -0.15) is 0 Å². The molecule has 1 saturated heterocycles. The molecule has 1 fully saturated rings. The van der Waals surface area contributed by atoms with Gasteiger partial charge >= 0.3 is 5.97 Å². The summed E-state index contributed by atoms with van der Waals surface area (Å²) >= 11 is 3.02. The quantitative estimate of drug-likeness (QED) is 0.882. The molecule has 1 atom stereocenters. The highest BCUT2D eigenvalue weighted by atomic mass is 79.9. The summed E-state index contributed by atoms with van der Waals surface area (Å²) in [7, 11) is 0. The summed E-state index contributed by atoms with van der Waals surface area (Å²) < 4.78 is 10.5. The van der Waals surface area contributed by atoms with E-state index in [-0.39, 0.29) is 16.3 Å². The van der Waals surface area contributed by atoms with Crippen LogP contribution in [-0.4, -0.2) is 22.8 Å². The van der Waals surface area contributed by atoms with Crippen LogP contribution in [0.15, 0.2) is 9.13 Å². The van der Waals surface area contributed by atoms with Gasteiger partial charge in [0.2, 0.25) is 0 Å². The Hall–Kier alpha value is -0.880. The van der Waals surface area contributed by atoms with Crippen LogP contribution in [0.4, 0.5) is 0 Å². The minimum absolute atomic E-state index is 0.0666. The zero-order chi connectivity index (χ0) is 10.1. The average Bonchev–Trinajstić information content (AvgIpc) is 2.70. The molecule has 0 amide bonds. The van der Waals surface area contributed by atoms with Crippen molar-refractivity contribution < 1.29 is 19.2 Å². The molecule has 1 aliphatic heterocycles. The first-order chi connectivity index (χ1) is 6.70. The molecule has 0 aliphatic carbocycles. The Bertz CT molecular complexity index is 356. The number of aromatic carboxylic acids is 1. The lowest BCUT2D eigenvalue weighted by molar-refractivity contribution is 0.0658. The van der Waals surface area contributed by atoms with Crippen LogP contribution in [-0.2, 0) is 4.74 Å². The second kappa shape index (κ2) is 3.70. The summed E-state index contributed by atoms with van der Waals surface area (Å²) in [5, 5.41) is 12.5. The van der Waals surface area contributed by atoms with Gasteiger partial charge in [-0.3, -0.25) is 0 Å². The van der Waals surface area contributed by atoms with Crippen LogP contribution >= 0.6 is 15.9 Å². The molecule has 5 nitrogen and oxygen atoms in total. The number of carbonyl (C=O) groups is 1. The highest BCUT2D eigenvalue weighted by Gasteiger charge is 2.30. The number of hydrogen-bond donors (Lipinski definition) is 1. The minimum Gasteiger partial charge on any atom is -0.477 e. The largest absolute Gasteiger partial charge is 0.477 e. The summed E-state index contributed by atoms with van der Waals surface area (Å²) in [6.45, 7) is 0.641. The molecular weight excluding hydrogens is 254 g/mol. The van der Waals surface area contributed by atoms with E-state index in [4.69, 9.17) is 14.4 Å².